The highest BCUT2D eigenvalue weighted by molar-refractivity contribution is 6.30. The minimum Gasteiger partial charge on any atom is -0.453 e. The summed E-state index contributed by atoms with van der Waals surface area (Å²) in [5.74, 6) is 0.0973. The molecule has 0 spiro atoms. The molecule has 3 atom stereocenters. The van der Waals surface area contributed by atoms with Crippen molar-refractivity contribution in [2.75, 3.05) is 39.9 Å². The summed E-state index contributed by atoms with van der Waals surface area (Å²) in [5, 5.41) is 6.37. The van der Waals surface area contributed by atoms with E-state index < -0.39 is 6.09 Å². The predicted octanol–water partition coefficient (Wildman–Crippen LogP) is 3.94. The number of carbonyl (C=O) groups excluding carboxylic acids is 2. The number of amides is 3. The Balaban J connectivity index is 2.06. The van der Waals surface area contributed by atoms with E-state index in [1.807, 2.05) is 29.2 Å². The standard InChI is InChI=1S/C24H39ClN4O4/c1-24(2,3)14-20(15-26)28-22(30)29-11-6-8-18(16-29)21(17-7-5-9-19(25)13-17)33-12-10-27-23(31)32-4/h5,7,9,13,18,20-21H,6,8,10-12,14-16,26H2,1-4H3,(H,27,31)(H,28,30)/t18-,20+,21+/m1/s1. The molecule has 186 valence electrons. The van der Waals surface area contributed by atoms with Crippen LogP contribution in [-0.2, 0) is 9.47 Å². The van der Waals surface area contributed by atoms with Crippen molar-refractivity contribution < 1.29 is 19.1 Å². The Labute approximate surface area is 202 Å². The van der Waals surface area contributed by atoms with Gasteiger partial charge in [0.15, 0.2) is 0 Å². The molecule has 8 nitrogen and oxygen atoms in total. The maximum atomic E-state index is 13.0. The van der Waals surface area contributed by atoms with Gasteiger partial charge in [-0.2, -0.15) is 0 Å². The number of hydrogen-bond donors (Lipinski definition) is 3. The van der Waals surface area contributed by atoms with E-state index in [2.05, 4.69) is 36.1 Å². The number of methoxy groups -OCH3 is 1. The SMILES string of the molecule is COC(=O)NCCO[C@@H](c1cccc(Cl)c1)[C@@H]1CCCN(C(=O)N[C@H](CN)CC(C)(C)C)C1. The number of alkyl carbamates (subject to hydrolysis) is 1. The van der Waals surface area contributed by atoms with Crippen molar-refractivity contribution in [3.8, 4) is 0 Å². The van der Waals surface area contributed by atoms with Crippen LogP contribution in [0, 0.1) is 11.3 Å². The topological polar surface area (TPSA) is 106 Å². The van der Waals surface area contributed by atoms with Crippen molar-refractivity contribution in [3.63, 3.8) is 0 Å². The molecule has 1 saturated heterocycles. The third kappa shape index (κ3) is 9.39. The Kier molecular flexibility index (Phi) is 10.7. The molecule has 1 aliphatic heterocycles. The van der Waals surface area contributed by atoms with Gasteiger partial charge in [-0.1, -0.05) is 44.5 Å². The molecule has 3 amide bonds. The number of rotatable bonds is 9. The van der Waals surface area contributed by atoms with E-state index in [1.165, 1.54) is 7.11 Å². The van der Waals surface area contributed by atoms with Gasteiger partial charge in [-0.25, -0.2) is 9.59 Å². The van der Waals surface area contributed by atoms with Crippen LogP contribution in [0.1, 0.15) is 51.7 Å². The van der Waals surface area contributed by atoms with Crippen LogP contribution in [0.5, 0.6) is 0 Å². The quantitative estimate of drug-likeness (QED) is 0.462. The van der Waals surface area contributed by atoms with Gasteiger partial charge >= 0.3 is 12.1 Å². The van der Waals surface area contributed by atoms with Crippen LogP contribution in [0.3, 0.4) is 0 Å². The summed E-state index contributed by atoms with van der Waals surface area (Å²) < 4.78 is 10.8. The van der Waals surface area contributed by atoms with Gasteiger partial charge in [0, 0.05) is 43.2 Å². The number of likely N-dealkylation sites (tertiary alicyclic amines) is 1. The summed E-state index contributed by atoms with van der Waals surface area (Å²) in [4.78, 5) is 26.2. The van der Waals surface area contributed by atoms with Crippen LogP contribution in [-0.4, -0.2) is 63.0 Å². The van der Waals surface area contributed by atoms with Crippen LogP contribution in [0.4, 0.5) is 9.59 Å². The van der Waals surface area contributed by atoms with Gasteiger partial charge in [0.25, 0.3) is 0 Å². The van der Waals surface area contributed by atoms with Crippen LogP contribution < -0.4 is 16.4 Å². The zero-order valence-corrected chi connectivity index (χ0v) is 21.0. The largest absolute Gasteiger partial charge is 0.453 e. The van der Waals surface area contributed by atoms with Gasteiger partial charge < -0.3 is 30.7 Å². The Morgan fingerprint density at radius 1 is 1.33 bits per heavy atom. The first-order chi connectivity index (χ1) is 15.6. The van der Waals surface area contributed by atoms with E-state index in [0.29, 0.717) is 37.8 Å². The van der Waals surface area contributed by atoms with Gasteiger partial charge in [-0.05, 0) is 42.4 Å². The van der Waals surface area contributed by atoms with Gasteiger partial charge in [-0.15, -0.1) is 0 Å². The van der Waals surface area contributed by atoms with Crippen LogP contribution in [0.15, 0.2) is 24.3 Å². The van der Waals surface area contributed by atoms with Crippen molar-refractivity contribution >= 4 is 23.7 Å². The lowest BCUT2D eigenvalue weighted by atomic mass is 9.87. The molecule has 4 N–H and O–H groups in total. The van der Waals surface area contributed by atoms with Crippen LogP contribution in [0.2, 0.25) is 5.02 Å². The number of nitrogens with two attached hydrogens (primary N) is 1. The fourth-order valence-corrected chi connectivity index (χ4v) is 4.44. The number of urea groups is 1. The molecule has 9 heteroatoms. The first-order valence-electron chi connectivity index (χ1n) is 11.6. The maximum Gasteiger partial charge on any atom is 0.406 e. The number of halogens is 1. The fraction of sp³-hybridized carbons (Fsp3) is 0.667. The Hall–Kier alpha value is -2.03. The number of ether oxygens (including phenoxy) is 2. The molecule has 0 unspecified atom stereocenters. The molecular formula is C24H39ClN4O4. The third-order valence-electron chi connectivity index (χ3n) is 5.68. The number of carbonyl (C=O) groups is 2. The summed E-state index contributed by atoms with van der Waals surface area (Å²) in [5.41, 5.74) is 6.95. The van der Waals surface area contributed by atoms with Crippen LogP contribution >= 0.6 is 11.6 Å². The van der Waals surface area contributed by atoms with Crippen LogP contribution in [0.25, 0.3) is 0 Å². The smallest absolute Gasteiger partial charge is 0.406 e. The molecule has 33 heavy (non-hydrogen) atoms. The number of benzene rings is 1. The molecule has 0 radical (unpaired) electrons. The van der Waals surface area contributed by atoms with Crippen molar-refractivity contribution in [3.05, 3.63) is 34.9 Å². The predicted molar refractivity (Wildman–Crippen MR) is 130 cm³/mol. The molecule has 1 heterocycles. The molecule has 0 bridgehead atoms. The normalized spacial score (nSPS) is 18.4. The Bertz CT molecular complexity index is 771. The van der Waals surface area contributed by atoms with E-state index in [-0.39, 0.29) is 29.5 Å². The number of nitrogens with zero attached hydrogens (tertiary/aromatic N) is 1. The molecule has 2 rings (SSSR count). The first-order valence-corrected chi connectivity index (χ1v) is 11.9. The maximum absolute atomic E-state index is 13.0. The van der Waals surface area contributed by atoms with E-state index >= 15 is 0 Å². The summed E-state index contributed by atoms with van der Waals surface area (Å²) >= 11 is 6.24. The van der Waals surface area contributed by atoms with E-state index in [9.17, 15) is 9.59 Å². The minimum absolute atomic E-state index is 0.0674. The van der Waals surface area contributed by atoms with Crippen molar-refractivity contribution in [2.24, 2.45) is 17.1 Å². The second-order valence-corrected chi connectivity index (χ2v) is 10.2. The zero-order valence-electron chi connectivity index (χ0n) is 20.2. The zero-order chi connectivity index (χ0) is 24.4. The second kappa shape index (κ2) is 13.0. The Morgan fingerprint density at radius 3 is 2.73 bits per heavy atom. The average Bonchev–Trinajstić information content (AvgIpc) is 2.77. The molecule has 1 aromatic rings. The number of hydrogen-bond acceptors (Lipinski definition) is 5. The molecular weight excluding hydrogens is 444 g/mol. The summed E-state index contributed by atoms with van der Waals surface area (Å²) in [7, 11) is 1.32. The van der Waals surface area contributed by atoms with Crippen molar-refractivity contribution in [1.82, 2.24) is 15.5 Å². The Morgan fingerprint density at radius 2 is 2.09 bits per heavy atom. The number of nitrogens with one attached hydrogen (secondary N) is 2. The monoisotopic (exact) mass is 482 g/mol. The highest BCUT2D eigenvalue weighted by Gasteiger charge is 2.32. The van der Waals surface area contributed by atoms with E-state index in [4.69, 9.17) is 22.1 Å². The molecule has 0 aromatic heterocycles. The third-order valence-corrected chi connectivity index (χ3v) is 5.91. The lowest BCUT2D eigenvalue weighted by molar-refractivity contribution is -0.00865. The van der Waals surface area contributed by atoms with Gasteiger partial charge in [0.05, 0.1) is 19.8 Å². The van der Waals surface area contributed by atoms with E-state index in [1.54, 1.807) is 0 Å². The average molecular weight is 483 g/mol. The van der Waals surface area contributed by atoms with Crippen molar-refractivity contribution in [2.45, 2.75) is 52.2 Å². The summed E-state index contributed by atoms with van der Waals surface area (Å²) in [6.07, 6.45) is 1.87. The lowest BCUT2D eigenvalue weighted by Crippen LogP contribution is -2.52. The van der Waals surface area contributed by atoms with Crippen molar-refractivity contribution in [1.29, 1.82) is 0 Å². The molecule has 1 aliphatic rings. The molecule has 0 saturated carbocycles. The van der Waals surface area contributed by atoms with Gasteiger partial charge in [0.2, 0.25) is 0 Å². The second-order valence-electron chi connectivity index (χ2n) is 9.76. The lowest BCUT2D eigenvalue weighted by Gasteiger charge is -2.38. The number of piperidine rings is 1. The van der Waals surface area contributed by atoms with E-state index in [0.717, 1.165) is 24.8 Å². The minimum atomic E-state index is -0.497. The fourth-order valence-electron chi connectivity index (χ4n) is 4.24. The van der Waals surface area contributed by atoms with Gasteiger partial charge in [0.1, 0.15) is 0 Å². The summed E-state index contributed by atoms with van der Waals surface area (Å²) in [6, 6.07) is 7.44. The summed E-state index contributed by atoms with van der Waals surface area (Å²) in [6.45, 7) is 8.73. The highest BCUT2D eigenvalue weighted by Crippen LogP contribution is 2.34. The highest BCUT2D eigenvalue weighted by atomic mass is 35.5. The first kappa shape index (κ1) is 27.2. The molecule has 1 aromatic carbocycles. The molecule has 1 fully saturated rings. The molecule has 0 aliphatic carbocycles. The van der Waals surface area contributed by atoms with Gasteiger partial charge in [-0.3, -0.25) is 0 Å².